The molecule has 2 atom stereocenters. The van der Waals surface area contributed by atoms with Crippen LogP contribution in [0.15, 0.2) is 48.5 Å². The number of carbonyl (C=O) groups excluding carboxylic acids is 2. The molecule has 5 nitrogen and oxygen atoms in total. The molecule has 3 rings (SSSR count). The summed E-state index contributed by atoms with van der Waals surface area (Å²) in [5.74, 6) is 1.07. The van der Waals surface area contributed by atoms with Crippen LogP contribution >= 0.6 is 11.8 Å². The molecular weight excluding hydrogens is 384 g/mol. The number of amides is 2. The van der Waals surface area contributed by atoms with Crippen molar-refractivity contribution >= 4 is 29.3 Å². The molecule has 29 heavy (non-hydrogen) atoms. The monoisotopic (exact) mass is 412 g/mol. The number of methoxy groups -OCH3 is 1. The van der Waals surface area contributed by atoms with Crippen LogP contribution < -0.4 is 10.1 Å². The van der Waals surface area contributed by atoms with Crippen molar-refractivity contribution < 1.29 is 14.3 Å². The highest BCUT2D eigenvalue weighted by molar-refractivity contribution is 8.01. The van der Waals surface area contributed by atoms with E-state index in [1.165, 1.54) is 11.8 Å². The van der Waals surface area contributed by atoms with Gasteiger partial charge in [-0.25, -0.2) is 0 Å². The number of nitrogens with zero attached hydrogens (tertiary/aromatic N) is 1. The van der Waals surface area contributed by atoms with Gasteiger partial charge < -0.3 is 15.0 Å². The molecule has 6 heteroatoms. The number of nitrogens with one attached hydrogen (secondary N) is 1. The standard InChI is InChI=1S/C23H28N2O3S/c1-16-6-10-19(11-7-16)24-22(26)15-29-17(2)23(27)25-14-4-5-21(25)18-8-12-20(28-3)13-9-18/h6-13,17,21H,4-5,14-15H2,1-3H3,(H,24,26). The minimum absolute atomic E-state index is 0.0911. The third kappa shape index (κ3) is 5.54. The summed E-state index contributed by atoms with van der Waals surface area (Å²) in [4.78, 5) is 27.2. The van der Waals surface area contributed by atoms with Gasteiger partial charge in [-0.3, -0.25) is 9.59 Å². The molecule has 1 fully saturated rings. The summed E-state index contributed by atoms with van der Waals surface area (Å²) in [6.07, 6.45) is 1.96. The van der Waals surface area contributed by atoms with E-state index in [4.69, 9.17) is 4.74 Å². The van der Waals surface area contributed by atoms with Crippen LogP contribution in [0.2, 0.25) is 0 Å². The first kappa shape index (κ1) is 21.2. The van der Waals surface area contributed by atoms with E-state index >= 15 is 0 Å². The van der Waals surface area contributed by atoms with Crippen molar-refractivity contribution in [3.8, 4) is 5.75 Å². The molecule has 1 aliphatic rings. The molecule has 0 aromatic heterocycles. The zero-order valence-electron chi connectivity index (χ0n) is 17.2. The van der Waals surface area contributed by atoms with Crippen molar-refractivity contribution in [3.05, 3.63) is 59.7 Å². The second kappa shape index (κ2) is 9.83. The first-order chi connectivity index (χ1) is 14.0. The third-order valence-corrected chi connectivity index (χ3v) is 6.31. The fourth-order valence-electron chi connectivity index (χ4n) is 3.54. The Morgan fingerprint density at radius 2 is 1.86 bits per heavy atom. The zero-order valence-corrected chi connectivity index (χ0v) is 18.0. The number of hydrogen-bond donors (Lipinski definition) is 1. The predicted octanol–water partition coefficient (Wildman–Crippen LogP) is 4.43. The van der Waals surface area contributed by atoms with Crippen LogP contribution in [0.3, 0.4) is 0 Å². The van der Waals surface area contributed by atoms with Crippen LogP contribution in [0.5, 0.6) is 5.75 Å². The zero-order chi connectivity index (χ0) is 20.8. The molecule has 1 N–H and O–H groups in total. The summed E-state index contributed by atoms with van der Waals surface area (Å²) in [5, 5.41) is 2.62. The average Bonchev–Trinajstić information content (AvgIpc) is 3.23. The van der Waals surface area contributed by atoms with Crippen LogP contribution in [-0.4, -0.2) is 41.4 Å². The minimum Gasteiger partial charge on any atom is -0.497 e. The van der Waals surface area contributed by atoms with Gasteiger partial charge in [0.25, 0.3) is 0 Å². The number of hydrogen-bond acceptors (Lipinski definition) is 4. The van der Waals surface area contributed by atoms with Crippen LogP contribution in [0, 0.1) is 6.92 Å². The topological polar surface area (TPSA) is 58.6 Å². The molecule has 154 valence electrons. The lowest BCUT2D eigenvalue weighted by atomic mass is 10.0. The van der Waals surface area contributed by atoms with Gasteiger partial charge in [0, 0.05) is 12.2 Å². The number of likely N-dealkylation sites (tertiary alicyclic amines) is 1. The van der Waals surface area contributed by atoms with E-state index in [9.17, 15) is 9.59 Å². The van der Waals surface area contributed by atoms with E-state index in [1.807, 2.05) is 67.3 Å². The van der Waals surface area contributed by atoms with Crippen molar-refractivity contribution in [1.29, 1.82) is 0 Å². The van der Waals surface area contributed by atoms with Crippen LogP contribution in [-0.2, 0) is 9.59 Å². The van der Waals surface area contributed by atoms with Crippen molar-refractivity contribution in [2.75, 3.05) is 24.7 Å². The van der Waals surface area contributed by atoms with Gasteiger partial charge >= 0.3 is 0 Å². The van der Waals surface area contributed by atoms with Crippen LogP contribution in [0.1, 0.15) is 36.9 Å². The second-order valence-corrected chi connectivity index (χ2v) is 8.66. The number of ether oxygens (including phenoxy) is 1. The Hall–Kier alpha value is -2.47. The van der Waals surface area contributed by atoms with E-state index in [0.717, 1.165) is 42.0 Å². The number of thioether (sulfide) groups is 1. The number of carbonyl (C=O) groups is 2. The largest absolute Gasteiger partial charge is 0.497 e. The molecular formula is C23H28N2O3S. The Morgan fingerprint density at radius 1 is 1.17 bits per heavy atom. The van der Waals surface area contributed by atoms with Crippen molar-refractivity contribution in [2.24, 2.45) is 0 Å². The molecule has 1 saturated heterocycles. The summed E-state index contributed by atoms with van der Waals surface area (Å²) in [7, 11) is 1.65. The smallest absolute Gasteiger partial charge is 0.235 e. The fourth-order valence-corrected chi connectivity index (χ4v) is 4.29. The van der Waals surface area contributed by atoms with Crippen molar-refractivity contribution in [1.82, 2.24) is 4.90 Å². The van der Waals surface area contributed by atoms with E-state index in [-0.39, 0.29) is 28.9 Å². The predicted molar refractivity (Wildman–Crippen MR) is 118 cm³/mol. The van der Waals surface area contributed by atoms with Gasteiger partial charge in [-0.15, -0.1) is 11.8 Å². The summed E-state index contributed by atoms with van der Waals surface area (Å²) in [6, 6.07) is 15.7. The van der Waals surface area contributed by atoms with E-state index < -0.39 is 0 Å². The molecule has 0 radical (unpaired) electrons. The Labute approximate surface area is 176 Å². The Bertz CT molecular complexity index is 836. The summed E-state index contributed by atoms with van der Waals surface area (Å²) in [5.41, 5.74) is 3.05. The molecule has 0 bridgehead atoms. The van der Waals surface area contributed by atoms with Gasteiger partial charge in [0.05, 0.1) is 24.2 Å². The van der Waals surface area contributed by atoms with Gasteiger partial charge in [-0.2, -0.15) is 0 Å². The van der Waals surface area contributed by atoms with Gasteiger partial charge in [0.1, 0.15) is 5.75 Å². The van der Waals surface area contributed by atoms with E-state index in [2.05, 4.69) is 5.32 Å². The molecule has 0 aliphatic carbocycles. The SMILES string of the molecule is COc1ccc(C2CCCN2C(=O)C(C)SCC(=O)Nc2ccc(C)cc2)cc1. The van der Waals surface area contributed by atoms with Gasteiger partial charge in [-0.05, 0) is 56.5 Å². The highest BCUT2D eigenvalue weighted by Gasteiger charge is 2.32. The van der Waals surface area contributed by atoms with Gasteiger partial charge in [-0.1, -0.05) is 29.8 Å². The van der Waals surface area contributed by atoms with E-state index in [1.54, 1.807) is 7.11 Å². The highest BCUT2D eigenvalue weighted by Crippen LogP contribution is 2.34. The van der Waals surface area contributed by atoms with Crippen LogP contribution in [0.4, 0.5) is 5.69 Å². The highest BCUT2D eigenvalue weighted by atomic mass is 32.2. The molecule has 2 unspecified atom stereocenters. The number of aryl methyl sites for hydroxylation is 1. The molecule has 1 aliphatic heterocycles. The Morgan fingerprint density at radius 3 is 2.52 bits per heavy atom. The maximum absolute atomic E-state index is 13.0. The molecule has 0 saturated carbocycles. The van der Waals surface area contributed by atoms with Crippen LogP contribution in [0.25, 0.3) is 0 Å². The number of anilines is 1. The maximum Gasteiger partial charge on any atom is 0.235 e. The van der Waals surface area contributed by atoms with Gasteiger partial charge in [0.15, 0.2) is 0 Å². The summed E-state index contributed by atoms with van der Waals surface area (Å²) >= 11 is 1.38. The van der Waals surface area contributed by atoms with E-state index in [0.29, 0.717) is 0 Å². The van der Waals surface area contributed by atoms with Crippen molar-refractivity contribution in [3.63, 3.8) is 0 Å². The maximum atomic E-state index is 13.0. The van der Waals surface area contributed by atoms with Crippen molar-refractivity contribution in [2.45, 2.75) is 38.0 Å². The first-order valence-corrected chi connectivity index (χ1v) is 11.0. The Kier molecular flexibility index (Phi) is 7.20. The fraction of sp³-hybridized carbons (Fsp3) is 0.391. The lowest BCUT2D eigenvalue weighted by Crippen LogP contribution is -2.36. The lowest BCUT2D eigenvalue weighted by Gasteiger charge is -2.27. The molecule has 1 heterocycles. The average molecular weight is 413 g/mol. The quantitative estimate of drug-likeness (QED) is 0.731. The normalized spacial score (nSPS) is 17.1. The lowest BCUT2D eigenvalue weighted by molar-refractivity contribution is -0.131. The summed E-state index contributed by atoms with van der Waals surface area (Å²) in [6.45, 7) is 4.65. The number of rotatable bonds is 7. The third-order valence-electron chi connectivity index (χ3n) is 5.18. The minimum atomic E-state index is -0.266. The second-order valence-electron chi connectivity index (χ2n) is 7.33. The molecule has 2 amide bonds. The molecule has 0 spiro atoms. The summed E-state index contributed by atoms with van der Waals surface area (Å²) < 4.78 is 5.23. The van der Waals surface area contributed by atoms with Gasteiger partial charge in [0.2, 0.25) is 11.8 Å². The Balaban J connectivity index is 1.54. The first-order valence-electron chi connectivity index (χ1n) is 9.90. The number of benzene rings is 2. The molecule has 2 aromatic carbocycles. The molecule has 2 aromatic rings.